The van der Waals surface area contributed by atoms with E-state index in [0.29, 0.717) is 47.5 Å². The van der Waals surface area contributed by atoms with Gasteiger partial charge in [-0.3, -0.25) is 9.78 Å². The molecule has 0 bridgehead atoms. The molecule has 0 aliphatic carbocycles. The van der Waals surface area contributed by atoms with Gasteiger partial charge in [0.15, 0.2) is 11.5 Å². The van der Waals surface area contributed by atoms with E-state index >= 15 is 0 Å². The first-order chi connectivity index (χ1) is 13.7. The number of benzene rings is 2. The van der Waals surface area contributed by atoms with Crippen molar-refractivity contribution in [3.8, 4) is 23.0 Å². The van der Waals surface area contributed by atoms with Gasteiger partial charge in [0.25, 0.3) is 5.91 Å². The Morgan fingerprint density at radius 3 is 2.39 bits per heavy atom. The molecule has 0 spiro atoms. The zero-order valence-corrected chi connectivity index (χ0v) is 15.8. The van der Waals surface area contributed by atoms with Crippen molar-refractivity contribution in [2.24, 2.45) is 0 Å². The highest BCUT2D eigenvalue weighted by molar-refractivity contribution is 6.04. The molecule has 1 aromatic heterocycles. The zero-order chi connectivity index (χ0) is 19.8. The number of nitrogens with one attached hydrogen (secondary N) is 1. The molecule has 0 atom stereocenters. The molecule has 1 N–H and O–H groups in total. The highest BCUT2D eigenvalue weighted by Crippen LogP contribution is 2.29. The predicted molar refractivity (Wildman–Crippen MR) is 107 cm³/mol. The smallest absolute Gasteiger partial charge is 0.255 e. The van der Waals surface area contributed by atoms with Crippen molar-refractivity contribution in [2.75, 3.05) is 18.5 Å². The first-order valence-corrected chi connectivity index (χ1v) is 9.08. The lowest BCUT2D eigenvalue weighted by atomic mass is 10.1. The summed E-state index contributed by atoms with van der Waals surface area (Å²) in [5, 5.41) is 2.88. The van der Waals surface area contributed by atoms with Gasteiger partial charge < -0.3 is 19.5 Å². The van der Waals surface area contributed by atoms with Gasteiger partial charge in [-0.15, -0.1) is 0 Å². The molecule has 1 heterocycles. The number of aromatic nitrogens is 1. The van der Waals surface area contributed by atoms with Crippen LogP contribution in [0.25, 0.3) is 0 Å². The van der Waals surface area contributed by atoms with Gasteiger partial charge in [-0.1, -0.05) is 6.07 Å². The van der Waals surface area contributed by atoms with Gasteiger partial charge in [-0.25, -0.2) is 0 Å². The molecule has 0 fully saturated rings. The Morgan fingerprint density at radius 2 is 1.64 bits per heavy atom. The van der Waals surface area contributed by atoms with Crippen molar-refractivity contribution in [1.29, 1.82) is 0 Å². The summed E-state index contributed by atoms with van der Waals surface area (Å²) in [5.74, 6) is 2.21. The van der Waals surface area contributed by atoms with Crippen molar-refractivity contribution < 1.29 is 19.0 Å². The number of ether oxygens (including phenoxy) is 3. The monoisotopic (exact) mass is 378 g/mol. The lowest BCUT2D eigenvalue weighted by Gasteiger charge is -2.13. The standard InChI is InChI=1S/C22H22N2O4/c1-3-26-20-9-8-16(14-21(20)27-4-2)22(25)24-17-6-5-7-19(15-17)28-18-10-12-23-13-11-18/h5-15H,3-4H2,1-2H3,(H,24,25). The fourth-order valence-corrected chi connectivity index (χ4v) is 2.58. The minimum Gasteiger partial charge on any atom is -0.490 e. The van der Waals surface area contributed by atoms with Crippen LogP contribution in [0, 0.1) is 0 Å². The summed E-state index contributed by atoms with van der Waals surface area (Å²) in [5.41, 5.74) is 1.11. The van der Waals surface area contributed by atoms with Crippen molar-refractivity contribution >= 4 is 11.6 Å². The second kappa shape index (κ2) is 9.41. The normalized spacial score (nSPS) is 10.2. The highest BCUT2D eigenvalue weighted by atomic mass is 16.5. The number of rotatable bonds is 8. The SMILES string of the molecule is CCOc1ccc(C(=O)Nc2cccc(Oc3ccncc3)c2)cc1OCC. The fraction of sp³-hybridized carbons (Fsp3) is 0.182. The first-order valence-electron chi connectivity index (χ1n) is 9.08. The van der Waals surface area contributed by atoms with Crippen LogP contribution in [0.5, 0.6) is 23.0 Å². The van der Waals surface area contributed by atoms with Crippen molar-refractivity contribution in [3.05, 3.63) is 72.6 Å². The zero-order valence-electron chi connectivity index (χ0n) is 15.8. The van der Waals surface area contributed by atoms with Gasteiger partial charge in [-0.2, -0.15) is 0 Å². The molecule has 0 radical (unpaired) electrons. The molecular weight excluding hydrogens is 356 g/mol. The van der Waals surface area contributed by atoms with E-state index < -0.39 is 0 Å². The lowest BCUT2D eigenvalue weighted by molar-refractivity contribution is 0.102. The minimum atomic E-state index is -0.245. The number of nitrogens with zero attached hydrogens (tertiary/aromatic N) is 1. The molecule has 0 aliphatic heterocycles. The molecule has 28 heavy (non-hydrogen) atoms. The summed E-state index contributed by atoms with van der Waals surface area (Å²) in [4.78, 5) is 16.6. The Balaban J connectivity index is 1.74. The van der Waals surface area contributed by atoms with Gasteiger partial charge in [0, 0.05) is 29.7 Å². The van der Waals surface area contributed by atoms with E-state index in [0.717, 1.165) is 0 Å². The summed E-state index contributed by atoms with van der Waals surface area (Å²) in [6, 6.07) is 15.9. The van der Waals surface area contributed by atoms with E-state index in [-0.39, 0.29) is 5.91 Å². The van der Waals surface area contributed by atoms with Crippen molar-refractivity contribution in [3.63, 3.8) is 0 Å². The molecule has 0 unspecified atom stereocenters. The Bertz CT molecular complexity index is 929. The summed E-state index contributed by atoms with van der Waals surface area (Å²) >= 11 is 0. The van der Waals surface area contributed by atoms with E-state index in [9.17, 15) is 4.79 Å². The molecule has 2 aromatic carbocycles. The topological polar surface area (TPSA) is 69.7 Å². The van der Waals surface area contributed by atoms with Crippen LogP contribution in [0.3, 0.4) is 0 Å². The van der Waals surface area contributed by atoms with E-state index in [1.807, 2.05) is 26.0 Å². The average molecular weight is 378 g/mol. The van der Waals surface area contributed by atoms with Crippen molar-refractivity contribution in [2.45, 2.75) is 13.8 Å². The molecular formula is C22H22N2O4. The Labute approximate surface area is 164 Å². The lowest BCUT2D eigenvalue weighted by Crippen LogP contribution is -2.12. The number of carbonyl (C=O) groups excluding carboxylic acids is 1. The van der Waals surface area contributed by atoms with Crippen LogP contribution >= 0.6 is 0 Å². The second-order valence-corrected chi connectivity index (χ2v) is 5.79. The number of hydrogen-bond donors (Lipinski definition) is 1. The maximum Gasteiger partial charge on any atom is 0.255 e. The molecule has 3 aromatic rings. The molecule has 6 nitrogen and oxygen atoms in total. The molecule has 6 heteroatoms. The maximum atomic E-state index is 12.7. The minimum absolute atomic E-state index is 0.245. The number of amides is 1. The third-order valence-corrected chi connectivity index (χ3v) is 3.78. The number of carbonyl (C=O) groups is 1. The second-order valence-electron chi connectivity index (χ2n) is 5.79. The Hall–Kier alpha value is -3.54. The number of hydrogen-bond acceptors (Lipinski definition) is 5. The summed E-state index contributed by atoms with van der Waals surface area (Å²) in [6.45, 7) is 4.80. The third-order valence-electron chi connectivity index (χ3n) is 3.78. The maximum absolute atomic E-state index is 12.7. The Morgan fingerprint density at radius 1 is 0.893 bits per heavy atom. The predicted octanol–water partition coefficient (Wildman–Crippen LogP) is 4.92. The van der Waals surface area contributed by atoms with Gasteiger partial charge in [-0.05, 0) is 56.3 Å². The van der Waals surface area contributed by atoms with Crippen LogP contribution in [0.2, 0.25) is 0 Å². The molecule has 0 saturated carbocycles. The van der Waals surface area contributed by atoms with Crippen LogP contribution in [-0.4, -0.2) is 24.1 Å². The van der Waals surface area contributed by atoms with Gasteiger partial charge in [0.1, 0.15) is 11.5 Å². The Kier molecular flexibility index (Phi) is 6.46. The number of anilines is 1. The largest absolute Gasteiger partial charge is 0.490 e. The molecule has 144 valence electrons. The van der Waals surface area contributed by atoms with Gasteiger partial charge in [0.2, 0.25) is 0 Å². The average Bonchev–Trinajstić information content (AvgIpc) is 2.71. The van der Waals surface area contributed by atoms with E-state index in [1.54, 1.807) is 54.9 Å². The quantitative estimate of drug-likeness (QED) is 0.602. The summed E-state index contributed by atoms with van der Waals surface area (Å²) in [7, 11) is 0. The molecule has 0 saturated heterocycles. The first kappa shape index (κ1) is 19.2. The van der Waals surface area contributed by atoms with Crippen molar-refractivity contribution in [1.82, 2.24) is 4.98 Å². The molecule has 1 amide bonds. The fourth-order valence-electron chi connectivity index (χ4n) is 2.58. The van der Waals surface area contributed by atoms with Crippen LogP contribution in [0.4, 0.5) is 5.69 Å². The molecule has 0 aliphatic rings. The summed E-state index contributed by atoms with van der Waals surface area (Å²) in [6.07, 6.45) is 3.31. The molecule has 3 rings (SSSR count). The number of pyridine rings is 1. The van der Waals surface area contributed by atoms with Gasteiger partial charge in [0.05, 0.1) is 13.2 Å². The third kappa shape index (κ3) is 5.01. The summed E-state index contributed by atoms with van der Waals surface area (Å²) < 4.78 is 16.9. The van der Waals surface area contributed by atoms with E-state index in [4.69, 9.17) is 14.2 Å². The van der Waals surface area contributed by atoms with Gasteiger partial charge >= 0.3 is 0 Å². The van der Waals surface area contributed by atoms with Crippen LogP contribution in [0.15, 0.2) is 67.0 Å². The van der Waals surface area contributed by atoms with E-state index in [2.05, 4.69) is 10.3 Å². The van der Waals surface area contributed by atoms with E-state index in [1.165, 1.54) is 0 Å². The van der Waals surface area contributed by atoms with Crippen LogP contribution in [-0.2, 0) is 0 Å². The highest BCUT2D eigenvalue weighted by Gasteiger charge is 2.12. The van der Waals surface area contributed by atoms with Crippen LogP contribution in [0.1, 0.15) is 24.2 Å². The van der Waals surface area contributed by atoms with Crippen LogP contribution < -0.4 is 19.5 Å².